The molecule has 3 N–H and O–H groups in total. The zero-order chi connectivity index (χ0) is 12.7. The standard InChI is InChI=1S/C14H28N2O/c1-3-4-5-6-7-12(2)17-11-14(8-9-14)10-13(15)16/h12H,3-11H2,1-2H3,(H3,15,16). The number of nitrogens with two attached hydrogens (primary N) is 1. The van der Waals surface area contributed by atoms with E-state index in [1.54, 1.807) is 0 Å². The molecule has 1 fully saturated rings. The first-order chi connectivity index (χ1) is 8.08. The van der Waals surface area contributed by atoms with Gasteiger partial charge in [0.25, 0.3) is 0 Å². The molecule has 0 saturated heterocycles. The Morgan fingerprint density at radius 3 is 2.59 bits per heavy atom. The van der Waals surface area contributed by atoms with E-state index in [2.05, 4.69) is 13.8 Å². The summed E-state index contributed by atoms with van der Waals surface area (Å²) in [5.41, 5.74) is 5.69. The van der Waals surface area contributed by atoms with Gasteiger partial charge >= 0.3 is 0 Å². The highest BCUT2D eigenvalue weighted by Crippen LogP contribution is 2.49. The van der Waals surface area contributed by atoms with Crippen LogP contribution in [0.1, 0.15) is 65.2 Å². The number of rotatable bonds is 10. The van der Waals surface area contributed by atoms with Gasteiger partial charge < -0.3 is 10.5 Å². The lowest BCUT2D eigenvalue weighted by atomic mass is 10.0. The monoisotopic (exact) mass is 240 g/mol. The van der Waals surface area contributed by atoms with Gasteiger partial charge in [0, 0.05) is 11.8 Å². The predicted octanol–water partition coefficient (Wildman–Crippen LogP) is 3.47. The summed E-state index contributed by atoms with van der Waals surface area (Å²) in [5, 5.41) is 7.35. The van der Waals surface area contributed by atoms with Gasteiger partial charge in [-0.25, -0.2) is 0 Å². The first kappa shape index (κ1) is 14.5. The topological polar surface area (TPSA) is 59.1 Å². The number of amidine groups is 1. The van der Waals surface area contributed by atoms with Crippen molar-refractivity contribution < 1.29 is 4.74 Å². The summed E-state index contributed by atoms with van der Waals surface area (Å²) < 4.78 is 5.90. The smallest absolute Gasteiger partial charge is 0.0911 e. The molecular formula is C14H28N2O. The van der Waals surface area contributed by atoms with Gasteiger partial charge in [-0.3, -0.25) is 5.41 Å². The van der Waals surface area contributed by atoms with E-state index >= 15 is 0 Å². The molecule has 1 unspecified atom stereocenters. The van der Waals surface area contributed by atoms with Crippen molar-refractivity contribution in [2.24, 2.45) is 11.1 Å². The van der Waals surface area contributed by atoms with E-state index in [1.165, 1.54) is 38.5 Å². The lowest BCUT2D eigenvalue weighted by molar-refractivity contribution is 0.0283. The molecule has 0 bridgehead atoms. The van der Waals surface area contributed by atoms with E-state index in [4.69, 9.17) is 15.9 Å². The predicted molar refractivity (Wildman–Crippen MR) is 72.4 cm³/mol. The maximum absolute atomic E-state index is 7.35. The average Bonchev–Trinajstić information content (AvgIpc) is 3.01. The van der Waals surface area contributed by atoms with Crippen LogP contribution in [0, 0.1) is 10.8 Å². The zero-order valence-electron chi connectivity index (χ0n) is 11.4. The Balaban J connectivity index is 2.07. The van der Waals surface area contributed by atoms with Crippen molar-refractivity contribution in [3.63, 3.8) is 0 Å². The summed E-state index contributed by atoms with van der Waals surface area (Å²) in [4.78, 5) is 0. The second kappa shape index (κ2) is 7.00. The highest BCUT2D eigenvalue weighted by atomic mass is 16.5. The van der Waals surface area contributed by atoms with Crippen LogP contribution in [0.5, 0.6) is 0 Å². The summed E-state index contributed by atoms with van der Waals surface area (Å²) in [6.07, 6.45) is 9.81. The molecule has 0 heterocycles. The molecule has 0 aliphatic heterocycles. The lowest BCUT2D eigenvalue weighted by Gasteiger charge is -2.19. The molecule has 3 nitrogen and oxygen atoms in total. The van der Waals surface area contributed by atoms with E-state index in [1.807, 2.05) is 0 Å². The maximum atomic E-state index is 7.35. The molecule has 17 heavy (non-hydrogen) atoms. The number of unbranched alkanes of at least 4 members (excludes halogenated alkanes) is 3. The van der Waals surface area contributed by atoms with Crippen molar-refractivity contribution in [1.29, 1.82) is 5.41 Å². The second-order valence-corrected chi connectivity index (χ2v) is 5.67. The van der Waals surface area contributed by atoms with Crippen molar-refractivity contribution in [2.45, 2.75) is 71.3 Å². The van der Waals surface area contributed by atoms with Gasteiger partial charge in [-0.1, -0.05) is 32.6 Å². The van der Waals surface area contributed by atoms with Crippen molar-refractivity contribution in [3.05, 3.63) is 0 Å². The molecular weight excluding hydrogens is 212 g/mol. The molecule has 0 amide bonds. The molecule has 1 atom stereocenters. The molecule has 1 saturated carbocycles. The molecule has 0 spiro atoms. The molecule has 1 rings (SSSR count). The average molecular weight is 240 g/mol. The van der Waals surface area contributed by atoms with E-state index in [9.17, 15) is 0 Å². The summed E-state index contributed by atoms with van der Waals surface area (Å²) in [5.74, 6) is 0.307. The Morgan fingerprint density at radius 1 is 1.35 bits per heavy atom. The summed E-state index contributed by atoms with van der Waals surface area (Å²) >= 11 is 0. The number of hydrogen-bond donors (Lipinski definition) is 2. The van der Waals surface area contributed by atoms with E-state index in [0.717, 1.165) is 19.4 Å². The van der Waals surface area contributed by atoms with E-state index in [-0.39, 0.29) is 5.41 Å². The van der Waals surface area contributed by atoms with Crippen LogP contribution in [-0.2, 0) is 4.74 Å². The minimum absolute atomic E-state index is 0.226. The van der Waals surface area contributed by atoms with Crippen molar-refractivity contribution in [1.82, 2.24) is 0 Å². The van der Waals surface area contributed by atoms with Crippen LogP contribution >= 0.6 is 0 Å². The van der Waals surface area contributed by atoms with Gasteiger partial charge in [-0.15, -0.1) is 0 Å². The highest BCUT2D eigenvalue weighted by molar-refractivity contribution is 5.78. The van der Waals surface area contributed by atoms with Gasteiger partial charge in [0.15, 0.2) is 0 Å². The Hall–Kier alpha value is -0.570. The molecule has 0 aromatic heterocycles. The van der Waals surface area contributed by atoms with Gasteiger partial charge in [-0.2, -0.15) is 0 Å². The van der Waals surface area contributed by atoms with Crippen LogP contribution in [-0.4, -0.2) is 18.5 Å². The Kier molecular flexibility index (Phi) is 5.96. The Bertz CT molecular complexity index is 236. The van der Waals surface area contributed by atoms with Gasteiger partial charge in [-0.05, 0) is 26.2 Å². The van der Waals surface area contributed by atoms with Crippen LogP contribution in [0.25, 0.3) is 0 Å². The molecule has 1 aliphatic rings. The van der Waals surface area contributed by atoms with Crippen LogP contribution in [0.2, 0.25) is 0 Å². The third-order valence-corrected chi connectivity index (χ3v) is 3.66. The normalized spacial score (nSPS) is 18.9. The third kappa shape index (κ3) is 6.06. The number of hydrogen-bond acceptors (Lipinski definition) is 2. The second-order valence-electron chi connectivity index (χ2n) is 5.67. The van der Waals surface area contributed by atoms with Crippen LogP contribution in [0.4, 0.5) is 0 Å². The largest absolute Gasteiger partial charge is 0.388 e. The molecule has 3 heteroatoms. The first-order valence-electron chi connectivity index (χ1n) is 7.02. The van der Waals surface area contributed by atoms with Gasteiger partial charge in [0.2, 0.25) is 0 Å². The third-order valence-electron chi connectivity index (χ3n) is 3.66. The van der Waals surface area contributed by atoms with Gasteiger partial charge in [0.05, 0.1) is 18.5 Å². The van der Waals surface area contributed by atoms with E-state index in [0.29, 0.717) is 11.9 Å². The molecule has 0 radical (unpaired) electrons. The maximum Gasteiger partial charge on any atom is 0.0911 e. The zero-order valence-corrected chi connectivity index (χ0v) is 11.4. The quantitative estimate of drug-likeness (QED) is 0.349. The first-order valence-corrected chi connectivity index (χ1v) is 7.02. The van der Waals surface area contributed by atoms with Crippen LogP contribution in [0.15, 0.2) is 0 Å². The van der Waals surface area contributed by atoms with Gasteiger partial charge in [0.1, 0.15) is 0 Å². The minimum atomic E-state index is 0.226. The lowest BCUT2D eigenvalue weighted by Crippen LogP contribution is -2.22. The summed E-state index contributed by atoms with van der Waals surface area (Å²) in [7, 11) is 0. The SMILES string of the molecule is CCCCCCC(C)OCC1(CC(=N)N)CC1. The number of ether oxygens (including phenoxy) is 1. The minimum Gasteiger partial charge on any atom is -0.388 e. The number of nitrogens with one attached hydrogen (secondary N) is 1. The Morgan fingerprint density at radius 2 is 2.06 bits per heavy atom. The summed E-state index contributed by atoms with van der Waals surface area (Å²) in [6.45, 7) is 5.19. The van der Waals surface area contributed by atoms with Crippen LogP contribution in [0.3, 0.4) is 0 Å². The molecule has 0 aromatic rings. The fourth-order valence-electron chi connectivity index (χ4n) is 2.21. The van der Waals surface area contributed by atoms with Crippen LogP contribution < -0.4 is 5.73 Å². The highest BCUT2D eigenvalue weighted by Gasteiger charge is 2.43. The van der Waals surface area contributed by atoms with E-state index < -0.39 is 0 Å². The molecule has 0 aromatic carbocycles. The Labute approximate surface area is 106 Å². The fourth-order valence-corrected chi connectivity index (χ4v) is 2.21. The molecule has 1 aliphatic carbocycles. The molecule has 100 valence electrons. The van der Waals surface area contributed by atoms with Crippen molar-refractivity contribution in [2.75, 3.05) is 6.61 Å². The van der Waals surface area contributed by atoms with Crippen molar-refractivity contribution >= 4 is 5.84 Å². The van der Waals surface area contributed by atoms with Crippen molar-refractivity contribution in [3.8, 4) is 0 Å². The fraction of sp³-hybridized carbons (Fsp3) is 0.929. The summed E-state index contributed by atoms with van der Waals surface area (Å²) in [6, 6.07) is 0.